The van der Waals surface area contributed by atoms with Gasteiger partial charge in [-0.25, -0.2) is 0 Å². The van der Waals surface area contributed by atoms with Gasteiger partial charge in [0.2, 0.25) is 5.91 Å². The van der Waals surface area contributed by atoms with Crippen molar-refractivity contribution in [1.29, 1.82) is 0 Å². The number of unbranched alkanes of at least 4 members (excludes halogenated alkanes) is 55. The van der Waals surface area contributed by atoms with E-state index in [2.05, 4.69) is 43.5 Å². The molecular weight excluding hydrogens is 1070 g/mol. The fourth-order valence-corrected chi connectivity index (χ4v) is 12.8. The van der Waals surface area contributed by atoms with E-state index >= 15 is 0 Å². The summed E-state index contributed by atoms with van der Waals surface area (Å²) in [6.07, 6.45) is 81.3. The Labute approximate surface area is 534 Å². The average Bonchev–Trinajstić information content (AvgIpc) is 3.65. The second-order valence-corrected chi connectivity index (χ2v) is 27.2. The van der Waals surface area contributed by atoms with Crippen LogP contribution in [0.2, 0.25) is 0 Å². The van der Waals surface area contributed by atoms with E-state index < -0.39 is 49.5 Å². The predicted molar refractivity (Wildman–Crippen MR) is 369 cm³/mol. The lowest BCUT2D eigenvalue weighted by Gasteiger charge is -2.40. The minimum absolute atomic E-state index is 0.132. The van der Waals surface area contributed by atoms with Crippen molar-refractivity contribution in [1.82, 2.24) is 5.32 Å². The van der Waals surface area contributed by atoms with Crippen molar-refractivity contribution in [2.24, 2.45) is 0 Å². The van der Waals surface area contributed by atoms with E-state index in [1.54, 1.807) is 0 Å². The van der Waals surface area contributed by atoms with Crippen LogP contribution in [0, 0.1) is 0 Å². The van der Waals surface area contributed by atoms with Crippen molar-refractivity contribution in [2.45, 2.75) is 448 Å². The van der Waals surface area contributed by atoms with Crippen molar-refractivity contribution in [3.8, 4) is 0 Å². The van der Waals surface area contributed by atoms with Gasteiger partial charge < -0.3 is 40.3 Å². The Hall–Kier alpha value is -1.33. The van der Waals surface area contributed by atoms with Crippen molar-refractivity contribution >= 4 is 5.91 Å². The first-order valence-electron chi connectivity index (χ1n) is 38.5. The minimum atomic E-state index is -1.55. The second-order valence-electron chi connectivity index (χ2n) is 27.2. The molecule has 6 N–H and O–H groups in total. The number of nitrogens with one attached hydrogen (secondary N) is 1. The van der Waals surface area contributed by atoms with Crippen LogP contribution in [0.4, 0.5) is 0 Å². The molecule has 0 saturated carbocycles. The van der Waals surface area contributed by atoms with Gasteiger partial charge in [-0.05, 0) is 44.9 Å². The molecule has 1 fully saturated rings. The molecule has 0 aromatic rings. The lowest BCUT2D eigenvalue weighted by atomic mass is 9.99. The van der Waals surface area contributed by atoms with Gasteiger partial charge in [0.05, 0.1) is 25.4 Å². The van der Waals surface area contributed by atoms with E-state index in [-0.39, 0.29) is 12.5 Å². The third-order valence-corrected chi connectivity index (χ3v) is 18.8. The Kier molecular flexibility index (Phi) is 64.0. The molecule has 7 unspecified atom stereocenters. The zero-order valence-electron chi connectivity index (χ0n) is 57.4. The van der Waals surface area contributed by atoms with Crippen molar-refractivity contribution in [3.05, 3.63) is 24.3 Å². The summed E-state index contributed by atoms with van der Waals surface area (Å²) in [5.74, 6) is -0.134. The van der Waals surface area contributed by atoms with Gasteiger partial charge in [0.25, 0.3) is 0 Å². The van der Waals surface area contributed by atoms with Crippen LogP contribution >= 0.6 is 0 Å². The van der Waals surface area contributed by atoms with Gasteiger partial charge in [-0.2, -0.15) is 0 Å². The summed E-state index contributed by atoms with van der Waals surface area (Å²) in [4.78, 5) is 13.2. The Balaban J connectivity index is 2.05. The monoisotopic (exact) mass is 1220 g/mol. The molecule has 86 heavy (non-hydrogen) atoms. The first-order chi connectivity index (χ1) is 42.3. The Bertz CT molecular complexity index is 1410. The van der Waals surface area contributed by atoms with Crippen LogP contribution in [0.3, 0.4) is 0 Å². The predicted octanol–water partition coefficient (Wildman–Crippen LogP) is 21.6. The topological polar surface area (TPSA) is 149 Å². The summed E-state index contributed by atoms with van der Waals surface area (Å²) in [6.45, 7) is 3.89. The molecule has 0 radical (unpaired) electrons. The maximum absolute atomic E-state index is 13.2. The number of amides is 1. The number of hydrogen-bond acceptors (Lipinski definition) is 8. The molecule has 0 aromatic heterocycles. The maximum Gasteiger partial charge on any atom is 0.220 e. The van der Waals surface area contributed by atoms with Gasteiger partial charge >= 0.3 is 0 Å². The summed E-state index contributed by atoms with van der Waals surface area (Å²) in [6, 6.07) is -0.718. The zero-order valence-corrected chi connectivity index (χ0v) is 57.4. The van der Waals surface area contributed by atoms with Crippen molar-refractivity contribution in [3.63, 3.8) is 0 Å². The molecular formula is C77H149NO8. The quantitative estimate of drug-likeness (QED) is 0.0261. The molecule has 7 atom stereocenters. The molecule has 1 amide bonds. The van der Waals surface area contributed by atoms with Gasteiger partial charge in [0.15, 0.2) is 6.29 Å². The standard InChI is InChI=1S/C77H149NO8/c1-3-5-7-9-11-13-15-17-19-21-23-25-27-29-31-33-34-35-36-37-38-39-41-43-45-47-49-51-53-55-57-59-61-63-65-67-73(81)78-70(69-85-77-76(84)75(83)74(82)72(68-79)86-77)71(80)66-64-62-60-58-56-54-52-50-48-46-44-42-40-32-30-28-26-24-22-20-18-16-14-12-10-8-6-4-2/h15,17,21,23,70-72,74-77,79-80,82-84H,3-14,16,18-20,22,24-69H2,1-2H3,(H,78,81)/b17-15-,23-21-. The van der Waals surface area contributed by atoms with E-state index in [1.165, 1.54) is 334 Å². The van der Waals surface area contributed by atoms with Crippen molar-refractivity contribution < 1.29 is 39.8 Å². The summed E-state index contributed by atoms with van der Waals surface area (Å²) in [5.41, 5.74) is 0. The highest BCUT2D eigenvalue weighted by Crippen LogP contribution is 2.24. The molecule has 1 saturated heterocycles. The molecule has 0 aliphatic carbocycles. The summed E-state index contributed by atoms with van der Waals surface area (Å²) in [5, 5.41) is 55.1. The molecule has 510 valence electrons. The van der Waals surface area contributed by atoms with Crippen LogP contribution in [0.5, 0.6) is 0 Å². The van der Waals surface area contributed by atoms with E-state index in [0.717, 1.165) is 44.9 Å². The largest absolute Gasteiger partial charge is 0.394 e. The Morgan fingerprint density at radius 2 is 0.686 bits per heavy atom. The third kappa shape index (κ3) is 54.4. The average molecular weight is 1220 g/mol. The lowest BCUT2D eigenvalue weighted by molar-refractivity contribution is -0.302. The molecule has 1 rings (SSSR count). The minimum Gasteiger partial charge on any atom is -0.394 e. The first kappa shape index (κ1) is 82.7. The highest BCUT2D eigenvalue weighted by molar-refractivity contribution is 5.76. The second kappa shape index (κ2) is 66.6. The van der Waals surface area contributed by atoms with Gasteiger partial charge in [0, 0.05) is 6.42 Å². The molecule has 9 nitrogen and oxygen atoms in total. The van der Waals surface area contributed by atoms with E-state index in [1.807, 2.05) is 0 Å². The van der Waals surface area contributed by atoms with Gasteiger partial charge in [0.1, 0.15) is 24.4 Å². The Morgan fingerprint density at radius 3 is 1.00 bits per heavy atom. The number of allylic oxidation sites excluding steroid dienone is 4. The van der Waals surface area contributed by atoms with Gasteiger partial charge in [-0.15, -0.1) is 0 Å². The van der Waals surface area contributed by atoms with Crippen molar-refractivity contribution in [2.75, 3.05) is 13.2 Å². The summed E-state index contributed by atoms with van der Waals surface area (Å²) in [7, 11) is 0. The zero-order chi connectivity index (χ0) is 62.1. The number of rotatable bonds is 69. The highest BCUT2D eigenvalue weighted by Gasteiger charge is 2.44. The number of hydrogen-bond donors (Lipinski definition) is 6. The van der Waals surface area contributed by atoms with Crippen LogP contribution in [-0.4, -0.2) is 87.5 Å². The molecule has 1 aliphatic heterocycles. The molecule has 1 heterocycles. The lowest BCUT2D eigenvalue weighted by Crippen LogP contribution is -2.60. The maximum atomic E-state index is 13.2. The molecule has 1 aliphatic rings. The third-order valence-electron chi connectivity index (χ3n) is 18.8. The summed E-state index contributed by atoms with van der Waals surface area (Å²) >= 11 is 0. The van der Waals surface area contributed by atoms with Gasteiger partial charge in [-0.1, -0.05) is 378 Å². The number of aliphatic hydroxyl groups is 5. The first-order valence-corrected chi connectivity index (χ1v) is 38.5. The molecule has 0 bridgehead atoms. The molecule has 0 spiro atoms. The highest BCUT2D eigenvalue weighted by atomic mass is 16.7. The van der Waals surface area contributed by atoms with Crippen LogP contribution in [0.15, 0.2) is 24.3 Å². The molecule has 9 heteroatoms. The van der Waals surface area contributed by atoms with E-state index in [4.69, 9.17) is 9.47 Å². The fraction of sp³-hybridized carbons (Fsp3) is 0.935. The number of ether oxygens (including phenoxy) is 2. The summed E-state index contributed by atoms with van der Waals surface area (Å²) < 4.78 is 11.4. The van der Waals surface area contributed by atoms with E-state index in [9.17, 15) is 30.3 Å². The fourth-order valence-electron chi connectivity index (χ4n) is 12.8. The van der Waals surface area contributed by atoms with Crippen LogP contribution in [0.25, 0.3) is 0 Å². The normalized spacial score (nSPS) is 18.1. The van der Waals surface area contributed by atoms with Gasteiger partial charge in [-0.3, -0.25) is 4.79 Å². The SMILES string of the molecule is CCCCCCC/C=C\C/C=C\CCCCCCCCCCCCCCCCCCCCCCCCCC(=O)NC(COC1OC(CO)C(O)C(O)C1O)C(O)CCCCCCCCCCCCCCCCCCCCCCCCCCCCCC. The van der Waals surface area contributed by atoms with Crippen LogP contribution in [0.1, 0.15) is 406 Å². The number of aliphatic hydroxyl groups excluding tert-OH is 5. The number of carbonyl (C=O) groups excluding carboxylic acids is 1. The number of carbonyl (C=O) groups is 1. The molecule has 0 aromatic carbocycles. The van der Waals surface area contributed by atoms with Crippen LogP contribution in [-0.2, 0) is 14.3 Å². The van der Waals surface area contributed by atoms with Crippen LogP contribution < -0.4 is 5.32 Å². The van der Waals surface area contributed by atoms with E-state index in [0.29, 0.717) is 12.8 Å². The smallest absolute Gasteiger partial charge is 0.220 e. The Morgan fingerprint density at radius 1 is 0.395 bits per heavy atom.